The molecule has 1 aliphatic heterocycles. The first-order valence-corrected chi connectivity index (χ1v) is 7.66. The van der Waals surface area contributed by atoms with Crippen LogP contribution in [0.2, 0.25) is 0 Å². The predicted molar refractivity (Wildman–Crippen MR) is 88.9 cm³/mol. The van der Waals surface area contributed by atoms with Crippen molar-refractivity contribution < 1.29 is 9.59 Å². The normalized spacial score (nSPS) is 16.1. The van der Waals surface area contributed by atoms with Crippen LogP contribution in [0.25, 0.3) is 0 Å². The van der Waals surface area contributed by atoms with Crippen LogP contribution < -0.4 is 15.5 Å². The highest BCUT2D eigenvalue weighted by Crippen LogP contribution is 2.32. The van der Waals surface area contributed by atoms with Crippen LogP contribution in [0, 0.1) is 5.92 Å². The van der Waals surface area contributed by atoms with Crippen molar-refractivity contribution in [3.63, 3.8) is 0 Å². The molecule has 0 bridgehead atoms. The third-order valence-electron chi connectivity index (χ3n) is 3.54. The van der Waals surface area contributed by atoms with E-state index in [4.69, 9.17) is 0 Å². The third-order valence-corrected chi connectivity index (χ3v) is 3.54. The van der Waals surface area contributed by atoms with E-state index >= 15 is 0 Å². The number of nitrogens with zero attached hydrogens (tertiary/aromatic N) is 1. The Hall–Kier alpha value is -2.04. The van der Waals surface area contributed by atoms with Gasteiger partial charge in [0.15, 0.2) is 0 Å². The fourth-order valence-electron chi connectivity index (χ4n) is 2.76. The van der Waals surface area contributed by atoms with Gasteiger partial charge in [0.25, 0.3) is 0 Å². The van der Waals surface area contributed by atoms with Crippen LogP contribution in [-0.4, -0.2) is 29.9 Å². The van der Waals surface area contributed by atoms with Crippen molar-refractivity contribution in [3.05, 3.63) is 24.3 Å². The number of rotatable bonds is 3. The summed E-state index contributed by atoms with van der Waals surface area (Å²) in [6.07, 6.45) is 0. The Labute approximate surface area is 132 Å². The van der Waals surface area contributed by atoms with Crippen LogP contribution in [0.4, 0.5) is 11.4 Å². The lowest BCUT2D eigenvalue weighted by molar-refractivity contribution is -0.124. The van der Waals surface area contributed by atoms with Gasteiger partial charge in [0, 0.05) is 5.54 Å². The monoisotopic (exact) mass is 303 g/mol. The van der Waals surface area contributed by atoms with E-state index in [0.29, 0.717) is 0 Å². The molecule has 0 fully saturated rings. The van der Waals surface area contributed by atoms with Gasteiger partial charge in [-0.2, -0.15) is 0 Å². The zero-order valence-electron chi connectivity index (χ0n) is 13.9. The van der Waals surface area contributed by atoms with Gasteiger partial charge in [-0.25, -0.2) is 0 Å². The molecule has 1 aromatic rings. The van der Waals surface area contributed by atoms with E-state index in [0.717, 1.165) is 11.4 Å². The van der Waals surface area contributed by atoms with Gasteiger partial charge >= 0.3 is 0 Å². The molecule has 5 nitrogen and oxygen atoms in total. The molecule has 0 aliphatic carbocycles. The van der Waals surface area contributed by atoms with Crippen molar-refractivity contribution in [1.82, 2.24) is 5.32 Å². The van der Waals surface area contributed by atoms with Crippen molar-refractivity contribution >= 4 is 23.2 Å². The average molecular weight is 303 g/mol. The first-order valence-electron chi connectivity index (χ1n) is 7.66. The number of hydrogen-bond acceptors (Lipinski definition) is 3. The van der Waals surface area contributed by atoms with E-state index < -0.39 is 0 Å². The Morgan fingerprint density at radius 3 is 2.50 bits per heavy atom. The van der Waals surface area contributed by atoms with Crippen LogP contribution in [0.3, 0.4) is 0 Å². The molecule has 0 radical (unpaired) electrons. The molecule has 1 aromatic carbocycles. The number of nitrogens with one attached hydrogen (secondary N) is 2. The molecule has 5 heteroatoms. The molecule has 0 spiro atoms. The minimum absolute atomic E-state index is 0.0491. The fourth-order valence-corrected chi connectivity index (χ4v) is 2.76. The number of carbonyl (C=O) groups excluding carboxylic acids is 2. The first kappa shape index (κ1) is 16.3. The molecule has 1 atom stereocenters. The number of anilines is 2. The Bertz CT molecular complexity index is 576. The van der Waals surface area contributed by atoms with Gasteiger partial charge in [0.2, 0.25) is 11.8 Å². The topological polar surface area (TPSA) is 61.4 Å². The molecule has 2 N–H and O–H groups in total. The number of fused-ring (bicyclic) bond motifs is 1. The maximum atomic E-state index is 12.7. The van der Waals surface area contributed by atoms with Gasteiger partial charge in [0.05, 0.1) is 17.9 Å². The molecular weight excluding hydrogens is 278 g/mol. The van der Waals surface area contributed by atoms with Crippen molar-refractivity contribution in [2.45, 2.75) is 46.2 Å². The Morgan fingerprint density at radius 1 is 1.27 bits per heavy atom. The molecule has 2 amide bonds. The molecule has 2 rings (SSSR count). The number of benzene rings is 1. The number of hydrogen-bond donors (Lipinski definition) is 2. The van der Waals surface area contributed by atoms with Crippen molar-refractivity contribution in [2.24, 2.45) is 5.92 Å². The zero-order valence-corrected chi connectivity index (χ0v) is 13.9. The van der Waals surface area contributed by atoms with Gasteiger partial charge < -0.3 is 15.5 Å². The lowest BCUT2D eigenvalue weighted by Crippen LogP contribution is -2.57. The molecule has 0 saturated heterocycles. The van der Waals surface area contributed by atoms with Crippen molar-refractivity contribution in [3.8, 4) is 0 Å². The van der Waals surface area contributed by atoms with Gasteiger partial charge in [-0.05, 0) is 38.8 Å². The average Bonchev–Trinajstić information content (AvgIpc) is 2.35. The van der Waals surface area contributed by atoms with E-state index in [2.05, 4.69) is 10.6 Å². The SMILES string of the molecule is CC(C)C(C(=O)NC(C)(C)C)N1CC(=O)Nc2ccccc21. The minimum atomic E-state index is -0.383. The first-order chi connectivity index (χ1) is 10.2. The van der Waals surface area contributed by atoms with Crippen LogP contribution in [-0.2, 0) is 9.59 Å². The Balaban J connectivity index is 2.37. The quantitative estimate of drug-likeness (QED) is 0.901. The second-order valence-corrected chi connectivity index (χ2v) is 7.12. The van der Waals surface area contributed by atoms with E-state index in [1.165, 1.54) is 0 Å². The van der Waals surface area contributed by atoms with Crippen LogP contribution >= 0.6 is 0 Å². The molecule has 22 heavy (non-hydrogen) atoms. The highest BCUT2D eigenvalue weighted by Gasteiger charge is 2.35. The summed E-state index contributed by atoms with van der Waals surface area (Å²) in [5.41, 5.74) is 1.35. The molecule has 0 aromatic heterocycles. The van der Waals surface area contributed by atoms with Crippen LogP contribution in [0.1, 0.15) is 34.6 Å². The van der Waals surface area contributed by atoms with Gasteiger partial charge in [-0.3, -0.25) is 9.59 Å². The highest BCUT2D eigenvalue weighted by atomic mass is 16.2. The standard InChI is InChI=1S/C17H25N3O2/c1-11(2)15(16(22)19-17(3,4)5)20-10-14(21)18-12-8-6-7-9-13(12)20/h6-9,11,15H,10H2,1-5H3,(H,18,21)(H,19,22). The molecule has 120 valence electrons. The number of amides is 2. The zero-order chi connectivity index (χ0) is 16.5. The second kappa shape index (κ2) is 5.99. The van der Waals surface area contributed by atoms with Crippen molar-refractivity contribution in [2.75, 3.05) is 16.8 Å². The van der Waals surface area contributed by atoms with E-state index in [1.807, 2.05) is 63.8 Å². The summed E-state index contributed by atoms with van der Waals surface area (Å²) < 4.78 is 0. The molecule has 1 unspecified atom stereocenters. The Kier molecular flexibility index (Phi) is 4.44. The van der Waals surface area contributed by atoms with Crippen LogP contribution in [0.5, 0.6) is 0 Å². The maximum absolute atomic E-state index is 12.7. The molecule has 0 saturated carbocycles. The van der Waals surface area contributed by atoms with E-state index in [1.54, 1.807) is 0 Å². The van der Waals surface area contributed by atoms with Crippen molar-refractivity contribution in [1.29, 1.82) is 0 Å². The minimum Gasteiger partial charge on any atom is -0.350 e. The molecular formula is C17H25N3O2. The van der Waals surface area contributed by atoms with Gasteiger partial charge in [-0.15, -0.1) is 0 Å². The lowest BCUT2D eigenvalue weighted by atomic mass is 9.97. The highest BCUT2D eigenvalue weighted by molar-refractivity contribution is 6.03. The number of para-hydroxylation sites is 2. The summed E-state index contributed by atoms with van der Waals surface area (Å²) in [4.78, 5) is 26.6. The molecule has 1 heterocycles. The van der Waals surface area contributed by atoms with E-state index in [-0.39, 0.29) is 35.9 Å². The Morgan fingerprint density at radius 2 is 1.91 bits per heavy atom. The largest absolute Gasteiger partial charge is 0.350 e. The summed E-state index contributed by atoms with van der Waals surface area (Å²) >= 11 is 0. The second-order valence-electron chi connectivity index (χ2n) is 7.12. The van der Waals surface area contributed by atoms with Crippen LogP contribution in [0.15, 0.2) is 24.3 Å². The summed E-state index contributed by atoms with van der Waals surface area (Å²) in [5, 5.41) is 5.89. The lowest BCUT2D eigenvalue weighted by Gasteiger charge is -2.39. The van der Waals surface area contributed by atoms with Gasteiger partial charge in [0.1, 0.15) is 6.04 Å². The third kappa shape index (κ3) is 3.59. The smallest absolute Gasteiger partial charge is 0.243 e. The summed E-state index contributed by atoms with van der Waals surface area (Å²) in [5.74, 6) is -0.0544. The summed E-state index contributed by atoms with van der Waals surface area (Å²) in [7, 11) is 0. The summed E-state index contributed by atoms with van der Waals surface area (Å²) in [6.45, 7) is 10.1. The maximum Gasteiger partial charge on any atom is 0.243 e. The fraction of sp³-hybridized carbons (Fsp3) is 0.529. The van der Waals surface area contributed by atoms with E-state index in [9.17, 15) is 9.59 Å². The summed E-state index contributed by atoms with van der Waals surface area (Å²) in [6, 6.07) is 7.21. The molecule has 1 aliphatic rings. The predicted octanol–water partition coefficient (Wildman–Crippen LogP) is 2.38. The van der Waals surface area contributed by atoms with Gasteiger partial charge in [-0.1, -0.05) is 26.0 Å². The number of carbonyl (C=O) groups is 2.